The molecule has 2 rings (SSSR count). The molecule has 0 N–H and O–H groups in total. The summed E-state index contributed by atoms with van der Waals surface area (Å²) in [5.74, 6) is 0. The summed E-state index contributed by atoms with van der Waals surface area (Å²) in [6.45, 7) is 4.27. The van der Waals surface area contributed by atoms with Gasteiger partial charge in [0.2, 0.25) is 0 Å². The van der Waals surface area contributed by atoms with Crippen LogP contribution in [0.5, 0.6) is 0 Å². The number of thioether (sulfide) groups is 1. The summed E-state index contributed by atoms with van der Waals surface area (Å²) in [6.07, 6.45) is 2.06. The van der Waals surface area contributed by atoms with Gasteiger partial charge in [0.25, 0.3) is 0 Å². The summed E-state index contributed by atoms with van der Waals surface area (Å²) in [6, 6.07) is 4.36. The molecule has 0 saturated heterocycles. The number of hydrogen-bond donors (Lipinski definition) is 0. The topological polar surface area (TPSA) is 17.8 Å². The van der Waals surface area contributed by atoms with E-state index in [-0.39, 0.29) is 12.4 Å². The first-order valence-electron chi connectivity index (χ1n) is 4.61. The summed E-state index contributed by atoms with van der Waals surface area (Å²) < 4.78 is 2.15. The SMILES string of the molecule is CSc1nc2cc(C)c(C)cc2n1C.Cl. The Morgan fingerprint density at radius 2 is 1.80 bits per heavy atom. The number of aromatic nitrogens is 2. The van der Waals surface area contributed by atoms with Crippen molar-refractivity contribution in [3.05, 3.63) is 23.3 Å². The van der Waals surface area contributed by atoms with Crippen LogP contribution in [-0.2, 0) is 7.05 Å². The first-order valence-corrected chi connectivity index (χ1v) is 5.83. The fourth-order valence-electron chi connectivity index (χ4n) is 1.61. The molecule has 1 heterocycles. The highest BCUT2D eigenvalue weighted by Crippen LogP contribution is 2.23. The Morgan fingerprint density at radius 3 is 2.40 bits per heavy atom. The van der Waals surface area contributed by atoms with Crippen LogP contribution in [0.4, 0.5) is 0 Å². The van der Waals surface area contributed by atoms with Crippen LogP contribution in [0.3, 0.4) is 0 Å². The first-order chi connectivity index (χ1) is 6.63. The molecule has 2 aromatic rings. The zero-order chi connectivity index (χ0) is 10.3. The largest absolute Gasteiger partial charge is 0.322 e. The molecule has 15 heavy (non-hydrogen) atoms. The molecule has 2 nitrogen and oxygen atoms in total. The summed E-state index contributed by atoms with van der Waals surface area (Å²) in [5, 5.41) is 1.07. The van der Waals surface area contributed by atoms with Gasteiger partial charge in [0, 0.05) is 7.05 Å². The van der Waals surface area contributed by atoms with E-state index in [1.807, 2.05) is 0 Å². The summed E-state index contributed by atoms with van der Waals surface area (Å²) >= 11 is 1.68. The number of fused-ring (bicyclic) bond motifs is 1. The van der Waals surface area contributed by atoms with Gasteiger partial charge in [-0.3, -0.25) is 0 Å². The Kier molecular flexibility index (Phi) is 3.68. The molecular formula is C11H15ClN2S. The fourth-order valence-corrected chi connectivity index (χ4v) is 2.17. The quantitative estimate of drug-likeness (QED) is 0.714. The lowest BCUT2D eigenvalue weighted by Crippen LogP contribution is -1.90. The minimum Gasteiger partial charge on any atom is -0.322 e. The first kappa shape index (κ1) is 12.4. The van der Waals surface area contributed by atoms with Gasteiger partial charge in [0.1, 0.15) is 0 Å². The molecule has 0 saturated carbocycles. The number of benzene rings is 1. The zero-order valence-electron chi connectivity index (χ0n) is 9.37. The van der Waals surface area contributed by atoms with Crippen LogP contribution in [-0.4, -0.2) is 15.8 Å². The Balaban J connectivity index is 0.00000112. The molecule has 0 bridgehead atoms. The van der Waals surface area contributed by atoms with Crippen molar-refractivity contribution in [2.75, 3.05) is 6.26 Å². The molecule has 0 fully saturated rings. The highest BCUT2D eigenvalue weighted by atomic mass is 35.5. The van der Waals surface area contributed by atoms with Gasteiger partial charge in [0.15, 0.2) is 5.16 Å². The van der Waals surface area contributed by atoms with Crippen LogP contribution >= 0.6 is 24.2 Å². The van der Waals surface area contributed by atoms with Crippen LogP contribution in [0.1, 0.15) is 11.1 Å². The van der Waals surface area contributed by atoms with Crippen molar-refractivity contribution in [1.29, 1.82) is 0 Å². The molecule has 0 aliphatic carbocycles. The molecule has 0 amide bonds. The lowest BCUT2D eigenvalue weighted by atomic mass is 10.1. The van der Waals surface area contributed by atoms with Gasteiger partial charge in [-0.05, 0) is 43.4 Å². The second-order valence-electron chi connectivity index (χ2n) is 3.58. The number of rotatable bonds is 1. The van der Waals surface area contributed by atoms with Gasteiger partial charge in [-0.25, -0.2) is 4.98 Å². The van der Waals surface area contributed by atoms with Crippen LogP contribution < -0.4 is 0 Å². The Morgan fingerprint density at radius 1 is 1.20 bits per heavy atom. The van der Waals surface area contributed by atoms with E-state index in [1.165, 1.54) is 16.6 Å². The van der Waals surface area contributed by atoms with E-state index in [4.69, 9.17) is 0 Å². The second kappa shape index (κ2) is 4.45. The number of hydrogen-bond acceptors (Lipinski definition) is 2. The maximum atomic E-state index is 4.56. The molecule has 82 valence electrons. The monoisotopic (exact) mass is 242 g/mol. The standard InChI is InChI=1S/C11H14N2S.ClH/c1-7-5-9-10(6-8(7)2)13(3)11(12-9)14-4;/h5-6H,1-4H3;1H. The van der Waals surface area contributed by atoms with Crippen LogP contribution in [0.2, 0.25) is 0 Å². The third-order valence-electron chi connectivity index (χ3n) is 2.64. The smallest absolute Gasteiger partial charge is 0.168 e. The molecule has 1 aromatic carbocycles. The van der Waals surface area contributed by atoms with Crippen molar-refractivity contribution in [2.45, 2.75) is 19.0 Å². The fraction of sp³-hybridized carbons (Fsp3) is 0.364. The molecule has 1 aromatic heterocycles. The molecule has 0 aliphatic heterocycles. The minimum absolute atomic E-state index is 0. The van der Waals surface area contributed by atoms with E-state index in [0.717, 1.165) is 10.7 Å². The average Bonchev–Trinajstić information content (AvgIpc) is 2.45. The average molecular weight is 243 g/mol. The third-order valence-corrected chi connectivity index (χ3v) is 3.37. The van der Waals surface area contributed by atoms with Crippen molar-refractivity contribution in [3.8, 4) is 0 Å². The van der Waals surface area contributed by atoms with Crippen LogP contribution in [0.15, 0.2) is 17.3 Å². The number of aryl methyl sites for hydroxylation is 3. The summed E-state index contributed by atoms with van der Waals surface area (Å²) in [5.41, 5.74) is 4.95. The van der Waals surface area contributed by atoms with E-state index in [2.05, 4.69) is 48.8 Å². The Bertz CT molecular complexity index is 491. The number of imidazole rings is 1. The second-order valence-corrected chi connectivity index (χ2v) is 4.36. The van der Waals surface area contributed by atoms with Crippen molar-refractivity contribution in [2.24, 2.45) is 7.05 Å². The summed E-state index contributed by atoms with van der Waals surface area (Å²) in [4.78, 5) is 4.56. The molecule has 0 radical (unpaired) electrons. The minimum atomic E-state index is 0. The van der Waals surface area contributed by atoms with Gasteiger partial charge >= 0.3 is 0 Å². The summed E-state index contributed by atoms with van der Waals surface area (Å²) in [7, 11) is 2.07. The van der Waals surface area contributed by atoms with Gasteiger partial charge in [-0.15, -0.1) is 12.4 Å². The van der Waals surface area contributed by atoms with Gasteiger partial charge < -0.3 is 4.57 Å². The van der Waals surface area contributed by atoms with Crippen molar-refractivity contribution in [3.63, 3.8) is 0 Å². The number of nitrogens with zero attached hydrogens (tertiary/aromatic N) is 2. The lowest BCUT2D eigenvalue weighted by Gasteiger charge is -2.01. The number of halogens is 1. The molecule has 0 spiro atoms. The predicted octanol–water partition coefficient (Wildman–Crippen LogP) is 3.33. The van der Waals surface area contributed by atoms with E-state index in [9.17, 15) is 0 Å². The predicted molar refractivity (Wildman–Crippen MR) is 69.2 cm³/mol. The van der Waals surface area contributed by atoms with Gasteiger partial charge in [0.05, 0.1) is 11.0 Å². The zero-order valence-corrected chi connectivity index (χ0v) is 11.0. The Hall–Kier alpha value is -0.670. The highest BCUT2D eigenvalue weighted by molar-refractivity contribution is 7.98. The molecular weight excluding hydrogens is 228 g/mol. The van der Waals surface area contributed by atoms with Gasteiger partial charge in [-0.2, -0.15) is 0 Å². The normalized spacial score (nSPS) is 10.4. The molecule has 0 unspecified atom stereocenters. The lowest BCUT2D eigenvalue weighted by molar-refractivity contribution is 0.816. The van der Waals surface area contributed by atoms with Crippen molar-refractivity contribution >= 4 is 35.2 Å². The van der Waals surface area contributed by atoms with Crippen LogP contribution in [0, 0.1) is 13.8 Å². The maximum Gasteiger partial charge on any atom is 0.168 e. The highest BCUT2D eigenvalue weighted by Gasteiger charge is 2.07. The van der Waals surface area contributed by atoms with Crippen LogP contribution in [0.25, 0.3) is 11.0 Å². The van der Waals surface area contributed by atoms with E-state index in [0.29, 0.717) is 0 Å². The Labute approximate surface area is 100 Å². The molecule has 0 atom stereocenters. The van der Waals surface area contributed by atoms with E-state index >= 15 is 0 Å². The maximum absolute atomic E-state index is 4.56. The van der Waals surface area contributed by atoms with E-state index in [1.54, 1.807) is 11.8 Å². The van der Waals surface area contributed by atoms with E-state index < -0.39 is 0 Å². The third kappa shape index (κ3) is 1.99. The molecule has 0 aliphatic rings. The molecule has 4 heteroatoms. The van der Waals surface area contributed by atoms with Crippen molar-refractivity contribution < 1.29 is 0 Å². The van der Waals surface area contributed by atoms with Gasteiger partial charge in [-0.1, -0.05) is 11.8 Å². The van der Waals surface area contributed by atoms with Crippen molar-refractivity contribution in [1.82, 2.24) is 9.55 Å².